The van der Waals surface area contributed by atoms with Gasteiger partial charge >= 0.3 is 0 Å². The third kappa shape index (κ3) is 5.18. The van der Waals surface area contributed by atoms with E-state index in [4.69, 9.17) is 4.99 Å². The maximum Gasteiger partial charge on any atom is 0.193 e. The fraction of sp³-hybridized carbons (Fsp3) is 0.778. The summed E-state index contributed by atoms with van der Waals surface area (Å²) in [6, 6.07) is 0.662. The van der Waals surface area contributed by atoms with Crippen LogP contribution in [0.2, 0.25) is 0 Å². The predicted octanol–water partition coefficient (Wildman–Crippen LogP) is 2.63. The molecule has 2 rings (SSSR count). The van der Waals surface area contributed by atoms with Crippen molar-refractivity contribution in [3.63, 3.8) is 0 Å². The summed E-state index contributed by atoms with van der Waals surface area (Å²) in [5.41, 5.74) is 0. The highest BCUT2D eigenvalue weighted by molar-refractivity contribution is 7.11. The summed E-state index contributed by atoms with van der Waals surface area (Å²) in [6.07, 6.45) is 5.25. The van der Waals surface area contributed by atoms with Gasteiger partial charge in [-0.2, -0.15) is 0 Å². The molecule has 0 aromatic carbocycles. The van der Waals surface area contributed by atoms with E-state index in [0.717, 1.165) is 58.1 Å². The minimum atomic E-state index is 0.662. The molecule has 0 bridgehead atoms. The number of likely N-dealkylation sites (N-methyl/N-ethyl adjacent to an activating group) is 1. The number of hydrogen-bond acceptors (Lipinski definition) is 4. The molecule has 1 fully saturated rings. The van der Waals surface area contributed by atoms with Crippen LogP contribution in [0.1, 0.15) is 44.0 Å². The number of aliphatic imine (C=N–C) groups is 1. The Kier molecular flexibility index (Phi) is 7.99. The lowest BCUT2D eigenvalue weighted by molar-refractivity contribution is 0.223. The van der Waals surface area contributed by atoms with Gasteiger partial charge in [-0.1, -0.05) is 20.8 Å². The average Bonchev–Trinajstić information content (AvgIpc) is 3.25. The van der Waals surface area contributed by atoms with E-state index < -0.39 is 0 Å². The standard InChI is InChI=1S/C18H33N5S/c1-5-16-13-21-17(24-16)9-11-20-18(19-6-2)23-12-10-15(14-23)22(7-3)8-4/h13,15H,5-12,14H2,1-4H3,(H,19,20). The van der Waals surface area contributed by atoms with E-state index in [0.29, 0.717) is 6.04 Å². The van der Waals surface area contributed by atoms with Crippen molar-refractivity contribution in [1.29, 1.82) is 0 Å². The van der Waals surface area contributed by atoms with Gasteiger partial charge in [0.25, 0.3) is 0 Å². The van der Waals surface area contributed by atoms with Gasteiger partial charge in [-0.3, -0.25) is 9.89 Å². The van der Waals surface area contributed by atoms with Crippen molar-refractivity contribution in [2.24, 2.45) is 4.99 Å². The lowest BCUT2D eigenvalue weighted by atomic mass is 10.2. The maximum absolute atomic E-state index is 4.85. The first-order valence-corrected chi connectivity index (χ1v) is 10.2. The number of aryl methyl sites for hydroxylation is 1. The Labute approximate surface area is 151 Å². The Morgan fingerprint density at radius 2 is 2.17 bits per heavy atom. The quantitative estimate of drug-likeness (QED) is 0.578. The minimum Gasteiger partial charge on any atom is -0.357 e. The number of hydrogen-bond donors (Lipinski definition) is 1. The summed E-state index contributed by atoms with van der Waals surface area (Å²) in [7, 11) is 0. The zero-order valence-electron chi connectivity index (χ0n) is 15.7. The number of likely N-dealkylation sites (tertiary alicyclic amines) is 1. The first kappa shape index (κ1) is 19.2. The topological polar surface area (TPSA) is 43.8 Å². The molecule has 1 aliphatic rings. The molecule has 1 aliphatic heterocycles. The molecule has 24 heavy (non-hydrogen) atoms. The van der Waals surface area contributed by atoms with Crippen LogP contribution in [0.4, 0.5) is 0 Å². The van der Waals surface area contributed by atoms with Crippen LogP contribution < -0.4 is 5.32 Å². The second-order valence-corrected chi connectivity index (χ2v) is 7.37. The van der Waals surface area contributed by atoms with Crippen LogP contribution in [0.3, 0.4) is 0 Å². The molecule has 0 aliphatic carbocycles. The number of thiazole rings is 1. The van der Waals surface area contributed by atoms with E-state index in [2.05, 4.69) is 47.8 Å². The summed E-state index contributed by atoms with van der Waals surface area (Å²) in [4.78, 5) is 15.7. The molecule has 0 spiro atoms. The van der Waals surface area contributed by atoms with Crippen LogP contribution in [-0.4, -0.2) is 66.1 Å². The van der Waals surface area contributed by atoms with Crippen molar-refractivity contribution in [3.8, 4) is 0 Å². The van der Waals surface area contributed by atoms with Gasteiger partial charge in [0.15, 0.2) is 5.96 Å². The molecule has 5 nitrogen and oxygen atoms in total. The summed E-state index contributed by atoms with van der Waals surface area (Å²) in [5, 5.41) is 4.67. The van der Waals surface area contributed by atoms with Gasteiger partial charge in [0.1, 0.15) is 0 Å². The van der Waals surface area contributed by atoms with Gasteiger partial charge < -0.3 is 10.2 Å². The van der Waals surface area contributed by atoms with E-state index >= 15 is 0 Å². The van der Waals surface area contributed by atoms with Crippen molar-refractivity contribution in [2.75, 3.05) is 39.3 Å². The fourth-order valence-electron chi connectivity index (χ4n) is 3.28. The van der Waals surface area contributed by atoms with E-state index in [1.807, 2.05) is 17.5 Å². The van der Waals surface area contributed by atoms with Gasteiger partial charge in [-0.05, 0) is 32.9 Å². The largest absolute Gasteiger partial charge is 0.357 e. The van der Waals surface area contributed by atoms with Crippen molar-refractivity contribution in [3.05, 3.63) is 16.1 Å². The lowest BCUT2D eigenvalue weighted by Crippen LogP contribution is -2.43. The Morgan fingerprint density at radius 3 is 2.79 bits per heavy atom. The van der Waals surface area contributed by atoms with Crippen LogP contribution in [0.25, 0.3) is 0 Å². The van der Waals surface area contributed by atoms with Crippen molar-refractivity contribution >= 4 is 17.3 Å². The van der Waals surface area contributed by atoms with E-state index in [1.165, 1.54) is 16.3 Å². The van der Waals surface area contributed by atoms with Gasteiger partial charge in [-0.15, -0.1) is 11.3 Å². The zero-order valence-corrected chi connectivity index (χ0v) is 16.5. The molecule has 1 aromatic rings. The SMILES string of the molecule is CCNC(=NCCc1ncc(CC)s1)N1CCC(N(CC)CC)C1. The number of guanidine groups is 1. The molecular formula is C18H33N5S. The smallest absolute Gasteiger partial charge is 0.193 e. The average molecular weight is 352 g/mol. The van der Waals surface area contributed by atoms with E-state index in [9.17, 15) is 0 Å². The van der Waals surface area contributed by atoms with Gasteiger partial charge in [0, 0.05) is 49.7 Å². The van der Waals surface area contributed by atoms with Crippen molar-refractivity contribution in [1.82, 2.24) is 20.1 Å². The number of nitrogens with zero attached hydrogens (tertiary/aromatic N) is 4. The molecule has 0 saturated carbocycles. The van der Waals surface area contributed by atoms with Crippen LogP contribution in [0.5, 0.6) is 0 Å². The number of rotatable bonds is 8. The van der Waals surface area contributed by atoms with E-state index in [-0.39, 0.29) is 0 Å². The van der Waals surface area contributed by atoms with Crippen molar-refractivity contribution in [2.45, 2.75) is 53.0 Å². The van der Waals surface area contributed by atoms with Gasteiger partial charge in [0.2, 0.25) is 0 Å². The molecule has 1 aromatic heterocycles. The third-order valence-corrected chi connectivity index (χ3v) is 5.87. The minimum absolute atomic E-state index is 0.662. The Bertz CT molecular complexity index is 509. The monoisotopic (exact) mass is 351 g/mol. The van der Waals surface area contributed by atoms with Crippen LogP contribution in [0.15, 0.2) is 11.2 Å². The third-order valence-electron chi connectivity index (χ3n) is 4.66. The first-order chi connectivity index (χ1) is 11.7. The maximum atomic E-state index is 4.85. The summed E-state index contributed by atoms with van der Waals surface area (Å²) >= 11 is 1.82. The van der Waals surface area contributed by atoms with E-state index in [1.54, 1.807) is 0 Å². The Balaban J connectivity index is 1.91. The zero-order chi connectivity index (χ0) is 17.4. The summed E-state index contributed by atoms with van der Waals surface area (Å²) < 4.78 is 0. The summed E-state index contributed by atoms with van der Waals surface area (Å²) in [6.45, 7) is 15.0. The highest BCUT2D eigenvalue weighted by atomic mass is 32.1. The fourth-order valence-corrected chi connectivity index (χ4v) is 4.13. The number of nitrogens with one attached hydrogen (secondary N) is 1. The molecule has 1 saturated heterocycles. The molecule has 0 radical (unpaired) electrons. The molecule has 1 atom stereocenters. The second kappa shape index (κ2) is 9.99. The normalized spacial score (nSPS) is 18.6. The highest BCUT2D eigenvalue weighted by Gasteiger charge is 2.27. The Hall–Kier alpha value is -1.14. The van der Waals surface area contributed by atoms with Crippen LogP contribution >= 0.6 is 11.3 Å². The van der Waals surface area contributed by atoms with Crippen LogP contribution in [-0.2, 0) is 12.8 Å². The molecule has 6 heteroatoms. The molecule has 136 valence electrons. The van der Waals surface area contributed by atoms with Gasteiger partial charge in [-0.25, -0.2) is 4.98 Å². The van der Waals surface area contributed by atoms with Crippen LogP contribution in [0, 0.1) is 0 Å². The first-order valence-electron chi connectivity index (χ1n) is 9.42. The molecular weight excluding hydrogens is 318 g/mol. The lowest BCUT2D eigenvalue weighted by Gasteiger charge is -2.27. The van der Waals surface area contributed by atoms with Gasteiger partial charge in [0.05, 0.1) is 5.01 Å². The number of aromatic nitrogens is 1. The second-order valence-electron chi connectivity index (χ2n) is 6.17. The molecule has 1 N–H and O–H groups in total. The summed E-state index contributed by atoms with van der Waals surface area (Å²) in [5.74, 6) is 1.07. The molecule has 1 unspecified atom stereocenters. The molecule has 2 heterocycles. The highest BCUT2D eigenvalue weighted by Crippen LogP contribution is 2.16. The van der Waals surface area contributed by atoms with Crippen molar-refractivity contribution < 1.29 is 0 Å². The Morgan fingerprint density at radius 1 is 1.38 bits per heavy atom. The predicted molar refractivity (Wildman–Crippen MR) is 104 cm³/mol. The molecule has 0 amide bonds.